The van der Waals surface area contributed by atoms with Crippen LogP contribution in [0, 0.1) is 0 Å². The Labute approximate surface area is 138 Å². The summed E-state index contributed by atoms with van der Waals surface area (Å²) in [5, 5.41) is 5.69. The first-order valence-electron chi connectivity index (χ1n) is 8.10. The predicted molar refractivity (Wildman–Crippen MR) is 90.8 cm³/mol. The van der Waals surface area contributed by atoms with Gasteiger partial charge in [0.2, 0.25) is 0 Å². The van der Waals surface area contributed by atoms with Gasteiger partial charge in [0.1, 0.15) is 5.75 Å². The summed E-state index contributed by atoms with van der Waals surface area (Å²) in [6.07, 6.45) is 0. The first-order chi connectivity index (χ1) is 10.9. The van der Waals surface area contributed by atoms with Gasteiger partial charge >= 0.3 is 0 Å². The zero-order chi connectivity index (χ0) is 17.2. The molecule has 1 aromatic carbocycles. The van der Waals surface area contributed by atoms with Gasteiger partial charge < -0.3 is 20.3 Å². The molecule has 1 unspecified atom stereocenters. The summed E-state index contributed by atoms with van der Waals surface area (Å²) in [6, 6.07) is 7.36. The lowest BCUT2D eigenvalue weighted by Crippen LogP contribution is -3.14. The third-order valence-electron chi connectivity index (χ3n) is 3.22. The van der Waals surface area contributed by atoms with E-state index in [1.807, 2.05) is 39.8 Å². The number of hydrogen-bond acceptors (Lipinski definition) is 3. The average molecular weight is 322 g/mol. The van der Waals surface area contributed by atoms with Gasteiger partial charge in [-0.1, -0.05) is 0 Å². The van der Waals surface area contributed by atoms with Gasteiger partial charge in [0.15, 0.2) is 13.1 Å². The highest BCUT2D eigenvalue weighted by atomic mass is 16.5. The van der Waals surface area contributed by atoms with E-state index in [9.17, 15) is 9.59 Å². The van der Waals surface area contributed by atoms with Gasteiger partial charge in [-0.2, -0.15) is 0 Å². The van der Waals surface area contributed by atoms with Crippen LogP contribution in [0.25, 0.3) is 0 Å². The maximum atomic E-state index is 12.1. The number of ether oxygens (including phenoxy) is 1. The summed E-state index contributed by atoms with van der Waals surface area (Å²) in [7, 11) is 0. The first-order valence-corrected chi connectivity index (χ1v) is 8.10. The normalized spacial score (nSPS) is 11.9. The highest BCUT2D eigenvalue weighted by molar-refractivity contribution is 5.91. The van der Waals surface area contributed by atoms with Crippen LogP contribution in [0.4, 0.5) is 5.69 Å². The van der Waals surface area contributed by atoms with Crippen molar-refractivity contribution in [1.82, 2.24) is 5.32 Å². The Balaban J connectivity index is 2.48. The molecule has 0 aliphatic heterocycles. The minimum absolute atomic E-state index is 0.0364. The van der Waals surface area contributed by atoms with Crippen LogP contribution in [0.3, 0.4) is 0 Å². The van der Waals surface area contributed by atoms with Crippen molar-refractivity contribution >= 4 is 17.5 Å². The van der Waals surface area contributed by atoms with Gasteiger partial charge in [0.25, 0.3) is 11.8 Å². The van der Waals surface area contributed by atoms with Crippen molar-refractivity contribution in [3.05, 3.63) is 24.3 Å². The van der Waals surface area contributed by atoms with Crippen molar-refractivity contribution in [1.29, 1.82) is 0 Å². The molecule has 0 fully saturated rings. The summed E-state index contributed by atoms with van der Waals surface area (Å²) in [5.41, 5.74) is 0.723. The molecule has 0 bridgehead atoms. The zero-order valence-corrected chi connectivity index (χ0v) is 14.4. The standard InChI is InChI=1S/C17H27N3O3/c1-5-20(11-16(21)18-13(3)4)12-17(22)19-14-7-9-15(10-8-14)23-6-2/h7-10,13H,5-6,11-12H2,1-4H3,(H,18,21)(H,19,22)/p+1. The molecule has 3 N–H and O–H groups in total. The maximum Gasteiger partial charge on any atom is 0.279 e. The van der Waals surface area contributed by atoms with Crippen molar-refractivity contribution in [2.75, 3.05) is 31.6 Å². The minimum Gasteiger partial charge on any atom is -0.494 e. The highest BCUT2D eigenvalue weighted by Gasteiger charge is 2.17. The van der Waals surface area contributed by atoms with Crippen LogP contribution >= 0.6 is 0 Å². The molecule has 6 heteroatoms. The van der Waals surface area contributed by atoms with E-state index in [2.05, 4.69) is 10.6 Å². The fourth-order valence-corrected chi connectivity index (χ4v) is 2.15. The van der Waals surface area contributed by atoms with E-state index in [1.165, 1.54) is 0 Å². The number of likely N-dealkylation sites (N-methyl/N-ethyl adjacent to an activating group) is 1. The lowest BCUT2D eigenvalue weighted by atomic mass is 10.3. The van der Waals surface area contributed by atoms with Crippen molar-refractivity contribution in [2.24, 2.45) is 0 Å². The molecule has 0 heterocycles. The van der Waals surface area contributed by atoms with E-state index in [1.54, 1.807) is 12.1 Å². The molecule has 6 nitrogen and oxygen atoms in total. The smallest absolute Gasteiger partial charge is 0.279 e. The number of quaternary nitrogens is 1. The number of anilines is 1. The van der Waals surface area contributed by atoms with Crippen LogP contribution in [0.2, 0.25) is 0 Å². The summed E-state index contributed by atoms with van der Waals surface area (Å²) in [6.45, 7) is 9.60. The largest absolute Gasteiger partial charge is 0.494 e. The van der Waals surface area contributed by atoms with E-state index in [0.717, 1.165) is 16.3 Å². The topological polar surface area (TPSA) is 71.9 Å². The molecule has 0 saturated carbocycles. The monoisotopic (exact) mass is 322 g/mol. The zero-order valence-electron chi connectivity index (χ0n) is 14.4. The molecule has 2 amide bonds. The van der Waals surface area contributed by atoms with Crippen molar-refractivity contribution < 1.29 is 19.2 Å². The maximum absolute atomic E-state index is 12.1. The van der Waals surface area contributed by atoms with E-state index in [-0.39, 0.29) is 24.4 Å². The Morgan fingerprint density at radius 1 is 1.09 bits per heavy atom. The molecule has 0 spiro atoms. The van der Waals surface area contributed by atoms with Crippen LogP contribution in [-0.4, -0.2) is 44.1 Å². The quantitative estimate of drug-likeness (QED) is 0.618. The van der Waals surface area contributed by atoms with Crippen LogP contribution in [0.1, 0.15) is 27.7 Å². The Morgan fingerprint density at radius 3 is 2.22 bits per heavy atom. The van der Waals surface area contributed by atoms with E-state index < -0.39 is 0 Å². The number of nitrogens with one attached hydrogen (secondary N) is 3. The SMILES string of the molecule is CCOc1ccc(NC(=O)C[NH+](CC)CC(=O)NC(C)C)cc1. The summed E-state index contributed by atoms with van der Waals surface area (Å²) >= 11 is 0. The molecule has 128 valence electrons. The molecule has 1 rings (SSSR count). The van der Waals surface area contributed by atoms with Gasteiger partial charge in [-0.25, -0.2) is 0 Å². The molecular formula is C17H28N3O3+. The molecule has 0 saturated heterocycles. The summed E-state index contributed by atoms with van der Waals surface area (Å²) in [4.78, 5) is 24.8. The van der Waals surface area contributed by atoms with Crippen molar-refractivity contribution in [3.63, 3.8) is 0 Å². The lowest BCUT2D eigenvalue weighted by Gasteiger charge is -2.17. The number of rotatable bonds is 9. The Hall–Kier alpha value is -2.08. The minimum atomic E-state index is -0.108. The first kappa shape index (κ1) is 19.0. The van der Waals surface area contributed by atoms with Crippen LogP contribution < -0.4 is 20.3 Å². The summed E-state index contributed by atoms with van der Waals surface area (Å²) < 4.78 is 5.36. The van der Waals surface area contributed by atoms with Crippen LogP contribution in [0.5, 0.6) is 5.75 Å². The second-order valence-electron chi connectivity index (χ2n) is 5.68. The predicted octanol–water partition coefficient (Wildman–Crippen LogP) is 0.453. The molecule has 1 aromatic rings. The van der Waals surface area contributed by atoms with E-state index in [0.29, 0.717) is 19.7 Å². The molecule has 23 heavy (non-hydrogen) atoms. The fourth-order valence-electron chi connectivity index (χ4n) is 2.15. The second kappa shape index (κ2) is 9.84. The molecule has 0 aliphatic carbocycles. The number of hydrogen-bond donors (Lipinski definition) is 3. The van der Waals surface area contributed by atoms with Gasteiger partial charge in [-0.15, -0.1) is 0 Å². The number of carbonyl (C=O) groups is 2. The van der Waals surface area contributed by atoms with E-state index in [4.69, 9.17) is 4.74 Å². The fraction of sp³-hybridized carbons (Fsp3) is 0.529. The Morgan fingerprint density at radius 2 is 1.70 bits per heavy atom. The van der Waals surface area contributed by atoms with Crippen molar-refractivity contribution in [2.45, 2.75) is 33.7 Å². The Kier molecular flexibility index (Phi) is 8.11. The van der Waals surface area contributed by atoms with Crippen LogP contribution in [-0.2, 0) is 9.59 Å². The molecule has 0 aromatic heterocycles. The average Bonchev–Trinajstić information content (AvgIpc) is 2.48. The summed E-state index contributed by atoms with van der Waals surface area (Å²) in [5.74, 6) is 0.630. The van der Waals surface area contributed by atoms with Crippen LogP contribution in [0.15, 0.2) is 24.3 Å². The lowest BCUT2D eigenvalue weighted by molar-refractivity contribution is -0.881. The molecule has 1 atom stereocenters. The van der Waals surface area contributed by atoms with E-state index >= 15 is 0 Å². The highest BCUT2D eigenvalue weighted by Crippen LogP contribution is 2.15. The van der Waals surface area contributed by atoms with Gasteiger partial charge in [0.05, 0.1) is 13.2 Å². The second-order valence-corrected chi connectivity index (χ2v) is 5.68. The molecule has 0 aliphatic rings. The van der Waals surface area contributed by atoms with Gasteiger partial charge in [-0.3, -0.25) is 9.59 Å². The van der Waals surface area contributed by atoms with Gasteiger partial charge in [-0.05, 0) is 52.0 Å². The number of amides is 2. The molecule has 0 radical (unpaired) electrons. The third kappa shape index (κ3) is 7.65. The van der Waals surface area contributed by atoms with Gasteiger partial charge in [0, 0.05) is 11.7 Å². The number of carbonyl (C=O) groups excluding carboxylic acids is 2. The van der Waals surface area contributed by atoms with Crippen molar-refractivity contribution in [3.8, 4) is 5.75 Å². The Bertz CT molecular complexity index is 500. The molecular weight excluding hydrogens is 294 g/mol. The third-order valence-corrected chi connectivity index (χ3v) is 3.22. The number of benzene rings is 1.